The summed E-state index contributed by atoms with van der Waals surface area (Å²) in [7, 11) is 0. The van der Waals surface area contributed by atoms with Gasteiger partial charge in [-0.3, -0.25) is 4.79 Å². The Morgan fingerprint density at radius 1 is 1.50 bits per heavy atom. The molecular weight excluding hydrogens is 316 g/mol. The lowest BCUT2D eigenvalue weighted by Gasteiger charge is -2.08. The maximum Gasteiger partial charge on any atom is 0.233 e. The predicted octanol–water partition coefficient (Wildman–Crippen LogP) is 3.37. The molecule has 1 amide bonds. The monoisotopic (exact) mass is 334 g/mol. The number of nitrogens with zero attached hydrogens (tertiary/aromatic N) is 2. The van der Waals surface area contributed by atoms with Gasteiger partial charge >= 0.3 is 0 Å². The summed E-state index contributed by atoms with van der Waals surface area (Å²) in [5, 5.41) is 14.7. The molecule has 2 rings (SSSR count). The van der Waals surface area contributed by atoms with E-state index in [1.165, 1.54) is 28.7 Å². The molecule has 2 N–H and O–H groups in total. The van der Waals surface area contributed by atoms with Crippen molar-refractivity contribution >= 4 is 39.8 Å². The normalized spacial score (nSPS) is 11.7. The lowest BCUT2D eigenvalue weighted by Crippen LogP contribution is -2.30. The molecule has 1 aromatic heterocycles. The number of anilines is 2. The third-order valence-corrected chi connectivity index (χ3v) is 4.77. The van der Waals surface area contributed by atoms with Crippen molar-refractivity contribution in [3.05, 3.63) is 42.5 Å². The lowest BCUT2D eigenvalue weighted by molar-refractivity contribution is -0.120. The quantitative estimate of drug-likeness (QED) is 0.600. The van der Waals surface area contributed by atoms with E-state index in [1.807, 2.05) is 38.1 Å². The fraction of sp³-hybridized carbons (Fsp3) is 0.267. The van der Waals surface area contributed by atoms with Crippen LogP contribution in [0.15, 0.2) is 41.3 Å². The zero-order valence-corrected chi connectivity index (χ0v) is 14.1. The summed E-state index contributed by atoms with van der Waals surface area (Å²) < 4.78 is 0.761. The van der Waals surface area contributed by atoms with Gasteiger partial charge in [-0.05, 0) is 31.5 Å². The van der Waals surface area contributed by atoms with Gasteiger partial charge in [0.1, 0.15) is 0 Å². The van der Waals surface area contributed by atoms with Crippen molar-refractivity contribution < 1.29 is 4.79 Å². The number of rotatable bonds is 7. The first-order valence-corrected chi connectivity index (χ1v) is 8.50. The van der Waals surface area contributed by atoms with Crippen LogP contribution < -0.4 is 10.6 Å². The average Bonchev–Trinajstić information content (AvgIpc) is 2.91. The van der Waals surface area contributed by atoms with Gasteiger partial charge in [0, 0.05) is 12.2 Å². The molecule has 0 spiro atoms. The summed E-state index contributed by atoms with van der Waals surface area (Å²) in [6.07, 6.45) is 1.66. The molecule has 0 aliphatic rings. The van der Waals surface area contributed by atoms with E-state index in [-0.39, 0.29) is 11.2 Å². The number of benzene rings is 1. The van der Waals surface area contributed by atoms with Gasteiger partial charge in [0.25, 0.3) is 0 Å². The van der Waals surface area contributed by atoms with Crippen LogP contribution in [-0.4, -0.2) is 27.9 Å². The van der Waals surface area contributed by atoms with E-state index in [2.05, 4.69) is 27.4 Å². The molecule has 1 heterocycles. The third-order valence-electron chi connectivity index (χ3n) is 2.74. The first-order valence-electron chi connectivity index (χ1n) is 6.81. The van der Waals surface area contributed by atoms with Gasteiger partial charge in [0.15, 0.2) is 4.34 Å². The van der Waals surface area contributed by atoms with Crippen LogP contribution in [0.5, 0.6) is 0 Å². The van der Waals surface area contributed by atoms with Crippen molar-refractivity contribution in [2.24, 2.45) is 0 Å². The Kier molecular flexibility index (Phi) is 5.97. The summed E-state index contributed by atoms with van der Waals surface area (Å²) in [5.74, 6) is -0.0340. The van der Waals surface area contributed by atoms with Gasteiger partial charge in [0.2, 0.25) is 11.0 Å². The highest BCUT2D eigenvalue weighted by atomic mass is 32.2. The van der Waals surface area contributed by atoms with Crippen LogP contribution >= 0.6 is 23.1 Å². The van der Waals surface area contributed by atoms with E-state index >= 15 is 0 Å². The zero-order chi connectivity index (χ0) is 15.9. The fourth-order valence-electron chi connectivity index (χ4n) is 1.68. The Hall–Kier alpha value is -1.86. The molecule has 5 nitrogen and oxygen atoms in total. The number of carbonyl (C=O) groups excluding carboxylic acids is 1. The summed E-state index contributed by atoms with van der Waals surface area (Å²) in [4.78, 5) is 11.8. The van der Waals surface area contributed by atoms with Crippen molar-refractivity contribution in [3.63, 3.8) is 0 Å². The molecule has 0 saturated heterocycles. The van der Waals surface area contributed by atoms with Crippen molar-refractivity contribution in [1.82, 2.24) is 15.5 Å². The molecule has 1 atom stereocenters. The van der Waals surface area contributed by atoms with Crippen LogP contribution in [0.1, 0.15) is 12.5 Å². The van der Waals surface area contributed by atoms with E-state index in [0.29, 0.717) is 11.7 Å². The number of aryl methyl sites for hydroxylation is 1. The SMILES string of the molecule is C=CCNC(=O)C(C)Sc1nnc(Nc2cccc(C)c2)s1. The van der Waals surface area contributed by atoms with E-state index < -0.39 is 0 Å². The van der Waals surface area contributed by atoms with Crippen LogP contribution in [0.4, 0.5) is 10.8 Å². The summed E-state index contributed by atoms with van der Waals surface area (Å²) >= 11 is 2.83. The highest BCUT2D eigenvalue weighted by Crippen LogP contribution is 2.30. The van der Waals surface area contributed by atoms with Crippen molar-refractivity contribution in [2.75, 3.05) is 11.9 Å². The van der Waals surface area contributed by atoms with Gasteiger partial charge in [-0.2, -0.15) is 0 Å². The topological polar surface area (TPSA) is 66.9 Å². The summed E-state index contributed by atoms with van der Waals surface area (Å²) in [6.45, 7) is 7.93. The first kappa shape index (κ1) is 16.5. The molecule has 0 aliphatic heterocycles. The number of hydrogen-bond acceptors (Lipinski definition) is 6. The largest absolute Gasteiger partial charge is 0.352 e. The summed E-state index contributed by atoms with van der Waals surface area (Å²) in [5.41, 5.74) is 2.15. The Bertz CT molecular complexity index is 656. The highest BCUT2D eigenvalue weighted by Gasteiger charge is 2.16. The summed E-state index contributed by atoms with van der Waals surface area (Å²) in [6, 6.07) is 8.04. The van der Waals surface area contributed by atoms with E-state index in [9.17, 15) is 4.79 Å². The minimum absolute atomic E-state index is 0.0340. The Morgan fingerprint density at radius 3 is 3.05 bits per heavy atom. The van der Waals surface area contributed by atoms with Gasteiger partial charge in [-0.1, -0.05) is 41.3 Å². The Morgan fingerprint density at radius 2 is 2.32 bits per heavy atom. The van der Waals surface area contributed by atoms with Crippen LogP contribution in [0.25, 0.3) is 0 Å². The minimum Gasteiger partial charge on any atom is -0.352 e. The maximum absolute atomic E-state index is 11.8. The Balaban J connectivity index is 1.93. The Labute approximate surface area is 138 Å². The molecular formula is C15H18N4OS2. The molecule has 2 aromatic rings. The molecule has 116 valence electrons. The van der Waals surface area contributed by atoms with E-state index in [4.69, 9.17) is 0 Å². The number of aromatic nitrogens is 2. The van der Waals surface area contributed by atoms with E-state index in [1.54, 1.807) is 6.08 Å². The molecule has 1 unspecified atom stereocenters. The van der Waals surface area contributed by atoms with Crippen LogP contribution in [0.2, 0.25) is 0 Å². The second-order valence-corrected chi connectivity index (χ2v) is 7.23. The molecule has 1 aromatic carbocycles. The van der Waals surface area contributed by atoms with Crippen LogP contribution in [0, 0.1) is 6.92 Å². The number of thioether (sulfide) groups is 1. The van der Waals surface area contributed by atoms with Gasteiger partial charge in [0.05, 0.1) is 5.25 Å². The van der Waals surface area contributed by atoms with Crippen LogP contribution in [-0.2, 0) is 4.79 Å². The number of nitrogens with one attached hydrogen (secondary N) is 2. The third kappa shape index (κ3) is 4.85. The van der Waals surface area contributed by atoms with Crippen molar-refractivity contribution in [1.29, 1.82) is 0 Å². The molecule has 0 aliphatic carbocycles. The lowest BCUT2D eigenvalue weighted by atomic mass is 10.2. The molecule has 0 saturated carbocycles. The smallest absolute Gasteiger partial charge is 0.233 e. The molecule has 0 fully saturated rings. The molecule has 7 heteroatoms. The molecule has 0 bridgehead atoms. The highest BCUT2D eigenvalue weighted by molar-refractivity contribution is 8.02. The number of carbonyl (C=O) groups is 1. The average molecular weight is 334 g/mol. The number of hydrogen-bond donors (Lipinski definition) is 2. The maximum atomic E-state index is 11.8. The second kappa shape index (κ2) is 7.95. The van der Waals surface area contributed by atoms with Gasteiger partial charge in [-0.25, -0.2) is 0 Å². The predicted molar refractivity (Wildman–Crippen MR) is 92.9 cm³/mol. The van der Waals surface area contributed by atoms with E-state index in [0.717, 1.165) is 10.0 Å². The first-order chi connectivity index (χ1) is 10.6. The van der Waals surface area contributed by atoms with Crippen molar-refractivity contribution in [3.8, 4) is 0 Å². The van der Waals surface area contributed by atoms with Gasteiger partial charge < -0.3 is 10.6 Å². The van der Waals surface area contributed by atoms with Crippen LogP contribution in [0.3, 0.4) is 0 Å². The zero-order valence-electron chi connectivity index (χ0n) is 12.5. The number of amides is 1. The minimum atomic E-state index is -0.222. The second-order valence-electron chi connectivity index (χ2n) is 4.66. The van der Waals surface area contributed by atoms with Crippen molar-refractivity contribution in [2.45, 2.75) is 23.4 Å². The standard InChI is InChI=1S/C15H18N4OS2/c1-4-8-16-13(20)11(3)21-15-19-18-14(22-15)17-12-7-5-6-10(2)9-12/h4-7,9,11H,1,8H2,2-3H3,(H,16,20)(H,17,18). The molecule has 0 radical (unpaired) electrons. The fourth-order valence-corrected chi connectivity index (χ4v) is 3.62. The van der Waals surface area contributed by atoms with Gasteiger partial charge in [-0.15, -0.1) is 16.8 Å². The molecule has 22 heavy (non-hydrogen) atoms.